The Bertz CT molecular complexity index is 283. The smallest absolute Gasteiger partial charge is 0.342 e. The lowest BCUT2D eigenvalue weighted by molar-refractivity contribution is -0.146. The number of ketones is 1. The minimum Gasteiger partial charge on any atom is -0.479 e. The number of carbonyl (C=O) groups is 2. The molecule has 0 aromatic heterocycles. The van der Waals surface area contributed by atoms with E-state index in [0.717, 1.165) is 0 Å². The van der Waals surface area contributed by atoms with Gasteiger partial charge in [-0.05, 0) is 6.08 Å². The van der Waals surface area contributed by atoms with Crippen LogP contribution in [0.3, 0.4) is 0 Å². The lowest BCUT2D eigenvalue weighted by atomic mass is 10.2. The number of rotatable bonds is 1. The van der Waals surface area contributed by atoms with Crippen molar-refractivity contribution in [2.24, 2.45) is 11.8 Å². The van der Waals surface area contributed by atoms with Crippen LogP contribution in [0.5, 0.6) is 0 Å². The number of allylic oxidation sites excluding steroid dienone is 2. The fraction of sp³-hybridized carbons (Fsp3) is 0.429. The van der Waals surface area contributed by atoms with Gasteiger partial charge in [-0.25, -0.2) is 9.18 Å². The monoisotopic (exact) mass is 156 g/mol. The van der Waals surface area contributed by atoms with Crippen molar-refractivity contribution >= 4 is 11.8 Å². The van der Waals surface area contributed by atoms with Crippen LogP contribution in [0.15, 0.2) is 12.2 Å². The van der Waals surface area contributed by atoms with E-state index in [2.05, 4.69) is 0 Å². The lowest BCUT2D eigenvalue weighted by Gasteiger charge is -1.99. The Labute approximate surface area is 61.5 Å². The minimum absolute atomic E-state index is 0.403. The summed E-state index contributed by atoms with van der Waals surface area (Å²) in [5.74, 6) is -3.56. The highest BCUT2D eigenvalue weighted by atomic mass is 19.1. The third-order valence-corrected chi connectivity index (χ3v) is 2.29. The van der Waals surface area contributed by atoms with E-state index in [9.17, 15) is 14.0 Å². The average molecular weight is 156 g/mol. The Balaban J connectivity index is 2.33. The van der Waals surface area contributed by atoms with Gasteiger partial charge in [0.25, 0.3) is 0 Å². The number of carboxylic acid groups (broad SMARTS) is 1. The van der Waals surface area contributed by atoms with Crippen molar-refractivity contribution in [2.45, 2.75) is 5.67 Å². The van der Waals surface area contributed by atoms with Crippen molar-refractivity contribution in [3.8, 4) is 0 Å². The first-order valence-electron chi connectivity index (χ1n) is 3.23. The van der Waals surface area contributed by atoms with Crippen molar-refractivity contribution < 1.29 is 19.1 Å². The zero-order chi connectivity index (χ0) is 8.22. The van der Waals surface area contributed by atoms with Crippen LogP contribution in [0.1, 0.15) is 0 Å². The number of hydrogen-bond acceptors (Lipinski definition) is 2. The molecule has 0 saturated heterocycles. The molecule has 0 unspecified atom stereocenters. The number of carbonyl (C=O) groups excluding carboxylic acids is 1. The van der Waals surface area contributed by atoms with E-state index in [1.54, 1.807) is 0 Å². The van der Waals surface area contributed by atoms with Crippen molar-refractivity contribution in [1.29, 1.82) is 0 Å². The third kappa shape index (κ3) is 0.528. The molecule has 0 aliphatic heterocycles. The molecule has 58 valence electrons. The molecule has 0 amide bonds. The maximum Gasteiger partial charge on any atom is 0.342 e. The molecular weight excluding hydrogens is 151 g/mol. The topological polar surface area (TPSA) is 54.4 Å². The van der Waals surface area contributed by atoms with Gasteiger partial charge in [0.05, 0.1) is 5.92 Å². The predicted octanol–water partition coefficient (Wildman–Crippen LogP) is 0.164. The van der Waals surface area contributed by atoms with Gasteiger partial charge in [-0.3, -0.25) is 4.79 Å². The fourth-order valence-electron chi connectivity index (χ4n) is 1.60. The molecule has 2 rings (SSSR count). The van der Waals surface area contributed by atoms with E-state index >= 15 is 0 Å². The molecule has 1 saturated carbocycles. The van der Waals surface area contributed by atoms with E-state index in [4.69, 9.17) is 5.11 Å². The van der Waals surface area contributed by atoms with Crippen LogP contribution in [-0.4, -0.2) is 22.5 Å². The van der Waals surface area contributed by atoms with Gasteiger partial charge < -0.3 is 5.11 Å². The number of alkyl halides is 1. The molecule has 2 aliphatic carbocycles. The molecule has 0 bridgehead atoms. The zero-order valence-electron chi connectivity index (χ0n) is 5.45. The summed E-state index contributed by atoms with van der Waals surface area (Å²) in [4.78, 5) is 21.0. The first-order valence-corrected chi connectivity index (χ1v) is 3.23. The maximum absolute atomic E-state index is 13.1. The molecule has 0 aromatic carbocycles. The van der Waals surface area contributed by atoms with Crippen LogP contribution < -0.4 is 0 Å². The van der Waals surface area contributed by atoms with Crippen molar-refractivity contribution in [2.75, 3.05) is 0 Å². The van der Waals surface area contributed by atoms with Gasteiger partial charge in [0, 0.05) is 5.92 Å². The van der Waals surface area contributed by atoms with E-state index < -0.39 is 29.3 Å². The third-order valence-electron chi connectivity index (χ3n) is 2.29. The van der Waals surface area contributed by atoms with Crippen molar-refractivity contribution in [1.82, 2.24) is 0 Å². The minimum atomic E-state index is -2.29. The summed E-state index contributed by atoms with van der Waals surface area (Å²) in [7, 11) is 0. The summed E-state index contributed by atoms with van der Waals surface area (Å²) in [6.07, 6.45) is 2.58. The summed E-state index contributed by atoms with van der Waals surface area (Å²) in [6, 6.07) is 0. The molecule has 0 aromatic rings. The van der Waals surface area contributed by atoms with Crippen molar-refractivity contribution in [3.63, 3.8) is 0 Å². The molecule has 2 aliphatic rings. The lowest BCUT2D eigenvalue weighted by Crippen LogP contribution is -2.23. The first-order chi connectivity index (χ1) is 5.08. The fourth-order valence-corrected chi connectivity index (χ4v) is 1.60. The number of halogens is 1. The summed E-state index contributed by atoms with van der Waals surface area (Å²) in [5.41, 5.74) is -2.29. The predicted molar refractivity (Wildman–Crippen MR) is 32.6 cm³/mol. The second-order valence-corrected chi connectivity index (χ2v) is 2.84. The Morgan fingerprint density at radius 2 is 2.36 bits per heavy atom. The maximum atomic E-state index is 13.1. The van der Waals surface area contributed by atoms with E-state index in [-0.39, 0.29) is 0 Å². The molecule has 3 atom stereocenters. The van der Waals surface area contributed by atoms with Gasteiger partial charge in [-0.2, -0.15) is 0 Å². The second kappa shape index (κ2) is 1.52. The number of aliphatic carboxylic acids is 1. The molecule has 0 spiro atoms. The van der Waals surface area contributed by atoms with Crippen LogP contribution in [0, 0.1) is 11.8 Å². The van der Waals surface area contributed by atoms with Gasteiger partial charge in [-0.1, -0.05) is 6.08 Å². The number of fused-ring (bicyclic) bond motifs is 1. The molecule has 1 fully saturated rings. The summed E-state index contributed by atoms with van der Waals surface area (Å²) >= 11 is 0. The molecule has 1 N–H and O–H groups in total. The molecule has 0 heterocycles. The highest BCUT2D eigenvalue weighted by molar-refractivity contribution is 6.06. The second-order valence-electron chi connectivity index (χ2n) is 2.84. The Kier molecular flexibility index (Phi) is 0.900. The van der Waals surface area contributed by atoms with E-state index in [1.165, 1.54) is 12.2 Å². The Morgan fingerprint density at radius 3 is 2.64 bits per heavy atom. The zero-order valence-corrected chi connectivity index (χ0v) is 5.45. The van der Waals surface area contributed by atoms with Crippen LogP contribution in [0.25, 0.3) is 0 Å². The Hall–Kier alpha value is -1.19. The van der Waals surface area contributed by atoms with Gasteiger partial charge in [0.2, 0.25) is 5.67 Å². The van der Waals surface area contributed by atoms with Gasteiger partial charge >= 0.3 is 5.97 Å². The van der Waals surface area contributed by atoms with Crippen molar-refractivity contribution in [3.05, 3.63) is 12.2 Å². The quantitative estimate of drug-likeness (QED) is 0.588. The first kappa shape index (κ1) is 6.52. The van der Waals surface area contributed by atoms with Crippen LogP contribution in [-0.2, 0) is 9.59 Å². The summed E-state index contributed by atoms with van der Waals surface area (Å²) in [6.45, 7) is 0. The Morgan fingerprint density at radius 1 is 1.73 bits per heavy atom. The molecule has 11 heavy (non-hydrogen) atoms. The van der Waals surface area contributed by atoms with Crippen LogP contribution >= 0.6 is 0 Å². The van der Waals surface area contributed by atoms with Gasteiger partial charge in [0.15, 0.2) is 5.78 Å². The SMILES string of the molecule is O=C1C=C[C@H]2[C@@H]1[C@]2(F)C(=O)O. The summed E-state index contributed by atoms with van der Waals surface area (Å²) in [5, 5.41) is 8.38. The standard InChI is InChI=1S/C7H5FO3/c8-7(6(10)11)3-1-2-4(9)5(3)7/h1-3,5H,(H,10,11)/t3-,5-,7-/m0/s1. The highest BCUT2D eigenvalue weighted by Crippen LogP contribution is 2.58. The van der Waals surface area contributed by atoms with E-state index in [1.807, 2.05) is 0 Å². The molecule has 0 radical (unpaired) electrons. The molecular formula is C7H5FO3. The highest BCUT2D eigenvalue weighted by Gasteiger charge is 2.75. The largest absolute Gasteiger partial charge is 0.479 e. The van der Waals surface area contributed by atoms with Gasteiger partial charge in [-0.15, -0.1) is 0 Å². The van der Waals surface area contributed by atoms with E-state index in [0.29, 0.717) is 0 Å². The van der Waals surface area contributed by atoms with Crippen LogP contribution in [0.4, 0.5) is 4.39 Å². The normalized spacial score (nSPS) is 45.7. The molecule has 3 nitrogen and oxygen atoms in total. The summed E-state index contributed by atoms with van der Waals surface area (Å²) < 4.78 is 13.1. The number of hydrogen-bond donors (Lipinski definition) is 1. The number of carboxylic acids is 1. The van der Waals surface area contributed by atoms with Gasteiger partial charge in [0.1, 0.15) is 0 Å². The average Bonchev–Trinajstić information content (AvgIpc) is 2.30. The van der Waals surface area contributed by atoms with Crippen LogP contribution in [0.2, 0.25) is 0 Å². The molecule has 4 heteroatoms.